The second-order valence-corrected chi connectivity index (χ2v) is 4.92. The highest BCUT2D eigenvalue weighted by Crippen LogP contribution is 2.25. The minimum atomic E-state index is 0.554. The Labute approximate surface area is 97.5 Å². The molecular formula is C12H13N3S. The first kappa shape index (κ1) is 9.81. The normalized spacial score (nSPS) is 11.7. The SMILES string of the molecule is Cc1cc2nc3scc(CN)n3c2cc1C. The number of imidazole rings is 1. The van der Waals surface area contributed by atoms with Crippen molar-refractivity contribution in [2.45, 2.75) is 20.4 Å². The van der Waals surface area contributed by atoms with Gasteiger partial charge in [0.25, 0.3) is 0 Å². The van der Waals surface area contributed by atoms with Gasteiger partial charge in [-0.15, -0.1) is 11.3 Å². The first-order chi connectivity index (χ1) is 7.70. The lowest BCUT2D eigenvalue weighted by Crippen LogP contribution is -1.99. The second kappa shape index (κ2) is 3.30. The molecule has 4 heteroatoms. The molecule has 3 aromatic rings. The number of hydrogen-bond donors (Lipinski definition) is 1. The van der Waals surface area contributed by atoms with Crippen LogP contribution < -0.4 is 5.73 Å². The number of nitrogens with two attached hydrogens (primary N) is 1. The monoisotopic (exact) mass is 231 g/mol. The van der Waals surface area contributed by atoms with Gasteiger partial charge in [-0.2, -0.15) is 0 Å². The van der Waals surface area contributed by atoms with E-state index in [1.807, 2.05) is 0 Å². The number of aromatic nitrogens is 2. The molecule has 1 aromatic carbocycles. The van der Waals surface area contributed by atoms with Crippen molar-refractivity contribution in [1.82, 2.24) is 9.38 Å². The molecule has 0 bridgehead atoms. The number of fused-ring (bicyclic) bond motifs is 3. The summed E-state index contributed by atoms with van der Waals surface area (Å²) in [7, 11) is 0. The molecule has 0 aliphatic carbocycles. The summed E-state index contributed by atoms with van der Waals surface area (Å²) in [5.74, 6) is 0. The topological polar surface area (TPSA) is 43.3 Å². The van der Waals surface area contributed by atoms with Crippen molar-refractivity contribution in [3.63, 3.8) is 0 Å². The van der Waals surface area contributed by atoms with Crippen LogP contribution in [-0.2, 0) is 6.54 Å². The molecule has 0 radical (unpaired) electrons. The molecular weight excluding hydrogens is 218 g/mol. The summed E-state index contributed by atoms with van der Waals surface area (Å²) in [6.45, 7) is 4.80. The predicted octanol–water partition coefficient (Wildman–Crippen LogP) is 2.62. The summed E-state index contributed by atoms with van der Waals surface area (Å²) < 4.78 is 2.16. The fraction of sp³-hybridized carbons (Fsp3) is 0.250. The minimum Gasteiger partial charge on any atom is -0.325 e. The number of nitrogens with zero attached hydrogens (tertiary/aromatic N) is 2. The molecule has 0 amide bonds. The smallest absolute Gasteiger partial charge is 0.194 e. The standard InChI is InChI=1S/C12H13N3S/c1-7-3-10-11(4-8(7)2)15-9(5-13)6-16-12(15)14-10/h3-4,6H,5,13H2,1-2H3. The van der Waals surface area contributed by atoms with Crippen LogP contribution in [0.1, 0.15) is 16.8 Å². The molecule has 0 saturated heterocycles. The Morgan fingerprint density at radius 3 is 2.81 bits per heavy atom. The van der Waals surface area contributed by atoms with Crippen molar-refractivity contribution >= 4 is 27.3 Å². The van der Waals surface area contributed by atoms with E-state index in [-0.39, 0.29) is 0 Å². The molecule has 0 saturated carbocycles. The second-order valence-electron chi connectivity index (χ2n) is 4.09. The summed E-state index contributed by atoms with van der Waals surface area (Å²) in [6.07, 6.45) is 0. The fourth-order valence-corrected chi connectivity index (χ4v) is 2.90. The van der Waals surface area contributed by atoms with Crippen molar-refractivity contribution in [2.75, 3.05) is 0 Å². The Morgan fingerprint density at radius 2 is 2.06 bits per heavy atom. The average Bonchev–Trinajstić information content (AvgIpc) is 2.78. The molecule has 3 rings (SSSR count). The highest BCUT2D eigenvalue weighted by molar-refractivity contribution is 7.15. The zero-order valence-electron chi connectivity index (χ0n) is 9.32. The van der Waals surface area contributed by atoms with Crippen LogP contribution in [0.3, 0.4) is 0 Å². The van der Waals surface area contributed by atoms with E-state index in [0.29, 0.717) is 6.54 Å². The number of thiazole rings is 1. The van der Waals surface area contributed by atoms with Crippen molar-refractivity contribution < 1.29 is 0 Å². The van der Waals surface area contributed by atoms with Crippen molar-refractivity contribution in [3.8, 4) is 0 Å². The first-order valence-electron chi connectivity index (χ1n) is 5.26. The lowest BCUT2D eigenvalue weighted by Gasteiger charge is -2.01. The zero-order valence-corrected chi connectivity index (χ0v) is 10.1. The van der Waals surface area contributed by atoms with Gasteiger partial charge in [-0.1, -0.05) is 0 Å². The largest absolute Gasteiger partial charge is 0.325 e. The number of benzene rings is 1. The maximum Gasteiger partial charge on any atom is 0.194 e. The summed E-state index contributed by atoms with van der Waals surface area (Å²) in [5.41, 5.74) is 11.7. The summed E-state index contributed by atoms with van der Waals surface area (Å²) in [4.78, 5) is 5.64. The highest BCUT2D eigenvalue weighted by atomic mass is 32.1. The minimum absolute atomic E-state index is 0.554. The van der Waals surface area contributed by atoms with E-state index < -0.39 is 0 Å². The third kappa shape index (κ3) is 1.20. The Kier molecular flexibility index (Phi) is 2.02. The molecule has 2 heterocycles. The third-order valence-electron chi connectivity index (χ3n) is 3.04. The molecule has 82 valence electrons. The molecule has 16 heavy (non-hydrogen) atoms. The Balaban J connectivity index is 2.50. The van der Waals surface area contributed by atoms with Gasteiger partial charge in [0, 0.05) is 17.6 Å². The van der Waals surface area contributed by atoms with Gasteiger partial charge in [-0.05, 0) is 37.1 Å². The first-order valence-corrected chi connectivity index (χ1v) is 6.14. The van der Waals surface area contributed by atoms with E-state index in [9.17, 15) is 0 Å². The van der Waals surface area contributed by atoms with E-state index in [0.717, 1.165) is 16.2 Å². The van der Waals surface area contributed by atoms with Crippen molar-refractivity contribution in [2.24, 2.45) is 5.73 Å². The quantitative estimate of drug-likeness (QED) is 0.699. The van der Waals surface area contributed by atoms with E-state index >= 15 is 0 Å². The molecule has 0 aliphatic rings. The number of hydrogen-bond acceptors (Lipinski definition) is 3. The molecule has 0 aliphatic heterocycles. The van der Waals surface area contributed by atoms with E-state index in [1.54, 1.807) is 11.3 Å². The van der Waals surface area contributed by atoms with Gasteiger partial charge >= 0.3 is 0 Å². The Bertz CT molecular complexity index is 678. The van der Waals surface area contributed by atoms with Gasteiger partial charge in [0.15, 0.2) is 4.96 Å². The number of rotatable bonds is 1. The van der Waals surface area contributed by atoms with E-state index in [2.05, 4.69) is 40.7 Å². The molecule has 2 N–H and O–H groups in total. The number of aryl methyl sites for hydroxylation is 2. The maximum absolute atomic E-state index is 5.74. The van der Waals surface area contributed by atoms with Gasteiger partial charge in [0.1, 0.15) is 0 Å². The Hall–Kier alpha value is -1.39. The van der Waals surface area contributed by atoms with Crippen LogP contribution in [0.15, 0.2) is 17.5 Å². The van der Waals surface area contributed by atoms with Crippen LogP contribution in [0.2, 0.25) is 0 Å². The van der Waals surface area contributed by atoms with Crippen LogP contribution in [0.5, 0.6) is 0 Å². The van der Waals surface area contributed by atoms with Crippen LogP contribution in [0, 0.1) is 13.8 Å². The highest BCUT2D eigenvalue weighted by Gasteiger charge is 2.10. The molecule has 0 spiro atoms. The summed E-state index contributed by atoms with van der Waals surface area (Å²) in [5, 5.41) is 2.08. The fourth-order valence-electron chi connectivity index (χ4n) is 1.98. The molecule has 3 nitrogen and oxygen atoms in total. The molecule has 0 unspecified atom stereocenters. The van der Waals surface area contributed by atoms with Crippen molar-refractivity contribution in [1.29, 1.82) is 0 Å². The van der Waals surface area contributed by atoms with Crippen LogP contribution in [0.4, 0.5) is 0 Å². The van der Waals surface area contributed by atoms with Gasteiger partial charge in [-0.3, -0.25) is 4.40 Å². The van der Waals surface area contributed by atoms with Gasteiger partial charge in [0.2, 0.25) is 0 Å². The predicted molar refractivity (Wildman–Crippen MR) is 67.9 cm³/mol. The van der Waals surface area contributed by atoms with Gasteiger partial charge < -0.3 is 5.73 Å². The van der Waals surface area contributed by atoms with Gasteiger partial charge in [-0.25, -0.2) is 4.98 Å². The Morgan fingerprint density at radius 1 is 1.31 bits per heavy atom. The average molecular weight is 231 g/mol. The zero-order chi connectivity index (χ0) is 11.3. The molecule has 0 atom stereocenters. The van der Waals surface area contributed by atoms with Crippen LogP contribution in [0.25, 0.3) is 16.0 Å². The summed E-state index contributed by atoms with van der Waals surface area (Å²) in [6, 6.07) is 4.33. The molecule has 0 fully saturated rings. The lowest BCUT2D eigenvalue weighted by atomic mass is 10.1. The maximum atomic E-state index is 5.74. The summed E-state index contributed by atoms with van der Waals surface area (Å²) >= 11 is 1.65. The van der Waals surface area contributed by atoms with Crippen LogP contribution >= 0.6 is 11.3 Å². The van der Waals surface area contributed by atoms with E-state index in [1.165, 1.54) is 16.6 Å². The van der Waals surface area contributed by atoms with E-state index in [4.69, 9.17) is 5.73 Å². The van der Waals surface area contributed by atoms with Crippen molar-refractivity contribution in [3.05, 3.63) is 34.3 Å². The van der Waals surface area contributed by atoms with Crippen LogP contribution in [-0.4, -0.2) is 9.38 Å². The van der Waals surface area contributed by atoms with Gasteiger partial charge in [0.05, 0.1) is 11.0 Å². The third-order valence-corrected chi connectivity index (χ3v) is 3.91. The molecule has 2 aromatic heterocycles. The lowest BCUT2D eigenvalue weighted by molar-refractivity contribution is 0.981.